The van der Waals surface area contributed by atoms with Gasteiger partial charge in [0.2, 0.25) is 5.91 Å². The number of nitrogens with one attached hydrogen (secondary N) is 1. The summed E-state index contributed by atoms with van der Waals surface area (Å²) in [4.78, 5) is 38.4. The van der Waals surface area contributed by atoms with E-state index in [2.05, 4.69) is 28.2 Å². The minimum absolute atomic E-state index is 0.0852. The Kier molecular flexibility index (Phi) is 4.63. The van der Waals surface area contributed by atoms with E-state index in [0.717, 1.165) is 16.3 Å². The minimum Gasteiger partial charge on any atom is -0.353 e. The highest BCUT2D eigenvalue weighted by molar-refractivity contribution is 9.10. The fourth-order valence-electron chi connectivity index (χ4n) is 5.02. The quantitative estimate of drug-likeness (QED) is 0.745. The van der Waals surface area contributed by atoms with Crippen molar-refractivity contribution in [3.05, 3.63) is 33.8 Å². The summed E-state index contributed by atoms with van der Waals surface area (Å²) in [7, 11) is 0. The van der Waals surface area contributed by atoms with Crippen LogP contribution in [0.4, 0.5) is 0 Å². The lowest BCUT2D eigenvalue weighted by molar-refractivity contribution is -0.122. The van der Waals surface area contributed by atoms with Crippen LogP contribution in [0.15, 0.2) is 22.7 Å². The van der Waals surface area contributed by atoms with E-state index in [-0.39, 0.29) is 36.7 Å². The zero-order chi connectivity index (χ0) is 18.4. The summed E-state index contributed by atoms with van der Waals surface area (Å²) in [6.45, 7) is 2.21. The molecule has 0 saturated heterocycles. The van der Waals surface area contributed by atoms with Crippen LogP contribution in [0, 0.1) is 17.8 Å². The van der Waals surface area contributed by atoms with E-state index < -0.39 is 0 Å². The van der Waals surface area contributed by atoms with E-state index in [4.69, 9.17) is 0 Å². The van der Waals surface area contributed by atoms with E-state index in [1.165, 1.54) is 30.6 Å². The van der Waals surface area contributed by atoms with Gasteiger partial charge in [0.25, 0.3) is 11.8 Å². The second-order valence-corrected chi connectivity index (χ2v) is 8.81. The number of amides is 3. The van der Waals surface area contributed by atoms with Crippen LogP contribution in [0.25, 0.3) is 0 Å². The van der Waals surface area contributed by atoms with Crippen molar-refractivity contribution in [3.8, 4) is 0 Å². The van der Waals surface area contributed by atoms with Crippen LogP contribution in [0.3, 0.4) is 0 Å². The van der Waals surface area contributed by atoms with Crippen molar-refractivity contribution < 1.29 is 14.4 Å². The zero-order valence-corrected chi connectivity index (χ0v) is 16.4. The summed E-state index contributed by atoms with van der Waals surface area (Å²) in [6, 6.07) is 5.22. The van der Waals surface area contributed by atoms with Crippen molar-refractivity contribution in [1.82, 2.24) is 10.2 Å². The average Bonchev–Trinajstić information content (AvgIpc) is 3.29. The smallest absolute Gasteiger partial charge is 0.261 e. The fraction of sp³-hybridized carbons (Fsp3) is 0.550. The maximum Gasteiger partial charge on any atom is 0.261 e. The Bertz CT molecular complexity index is 778. The van der Waals surface area contributed by atoms with Gasteiger partial charge < -0.3 is 5.32 Å². The predicted octanol–water partition coefficient (Wildman–Crippen LogP) is 3.38. The molecule has 4 rings (SSSR count). The lowest BCUT2D eigenvalue weighted by atomic mass is 9.84. The summed E-state index contributed by atoms with van der Waals surface area (Å²) in [5, 5.41) is 3.09. The van der Waals surface area contributed by atoms with Crippen LogP contribution in [-0.4, -0.2) is 35.2 Å². The molecule has 138 valence electrons. The van der Waals surface area contributed by atoms with Crippen molar-refractivity contribution in [2.75, 3.05) is 6.54 Å². The van der Waals surface area contributed by atoms with Gasteiger partial charge in [-0.3, -0.25) is 19.3 Å². The summed E-state index contributed by atoms with van der Waals surface area (Å²) < 4.78 is 0.761. The molecule has 3 amide bonds. The van der Waals surface area contributed by atoms with Gasteiger partial charge >= 0.3 is 0 Å². The summed E-state index contributed by atoms with van der Waals surface area (Å²) in [5.74, 6) is 1.46. The number of benzene rings is 1. The molecule has 2 aliphatic carbocycles. The first-order chi connectivity index (χ1) is 12.4. The molecule has 1 N–H and O–H groups in total. The van der Waals surface area contributed by atoms with Crippen molar-refractivity contribution >= 4 is 33.7 Å². The van der Waals surface area contributed by atoms with Crippen LogP contribution in [0.1, 0.15) is 59.7 Å². The van der Waals surface area contributed by atoms with E-state index >= 15 is 0 Å². The molecule has 1 aliphatic heterocycles. The molecular weight excluding hydrogens is 396 g/mol. The normalized spacial score (nSPS) is 27.8. The SMILES string of the molecule is CC(NC(=O)CCN1C(=O)c2ccc(Br)cc2C1=O)C1CC2CCC1C2. The summed E-state index contributed by atoms with van der Waals surface area (Å²) >= 11 is 3.32. The van der Waals surface area contributed by atoms with Gasteiger partial charge in [-0.25, -0.2) is 0 Å². The molecule has 0 spiro atoms. The van der Waals surface area contributed by atoms with E-state index in [9.17, 15) is 14.4 Å². The van der Waals surface area contributed by atoms with Crippen LogP contribution in [-0.2, 0) is 4.79 Å². The molecule has 1 aromatic carbocycles. The van der Waals surface area contributed by atoms with Gasteiger partial charge in [-0.05, 0) is 62.1 Å². The molecule has 2 bridgehead atoms. The standard InChI is InChI=1S/C20H23BrN2O3/c1-11(16-9-12-2-3-13(16)8-12)22-18(24)6-7-23-19(25)15-5-4-14(21)10-17(15)20(23)26/h4-5,10-13,16H,2-3,6-9H2,1H3,(H,22,24). The lowest BCUT2D eigenvalue weighted by Crippen LogP contribution is -2.42. The highest BCUT2D eigenvalue weighted by Crippen LogP contribution is 2.49. The van der Waals surface area contributed by atoms with Crippen molar-refractivity contribution in [1.29, 1.82) is 0 Å². The maximum atomic E-state index is 12.4. The molecular formula is C20H23BrN2O3. The molecule has 1 heterocycles. The van der Waals surface area contributed by atoms with Gasteiger partial charge in [0.1, 0.15) is 0 Å². The molecule has 5 nitrogen and oxygen atoms in total. The molecule has 0 aromatic heterocycles. The Labute approximate surface area is 161 Å². The summed E-state index contributed by atoms with van der Waals surface area (Å²) in [5.41, 5.74) is 0.814. The number of fused-ring (bicyclic) bond motifs is 3. The average molecular weight is 419 g/mol. The minimum atomic E-state index is -0.319. The second kappa shape index (κ2) is 6.80. The van der Waals surface area contributed by atoms with Gasteiger partial charge in [0.05, 0.1) is 11.1 Å². The van der Waals surface area contributed by atoms with Gasteiger partial charge in [-0.2, -0.15) is 0 Å². The number of carbonyl (C=O) groups is 3. The zero-order valence-electron chi connectivity index (χ0n) is 14.8. The predicted molar refractivity (Wildman–Crippen MR) is 101 cm³/mol. The first-order valence-corrected chi connectivity index (χ1v) is 10.2. The third-order valence-electron chi connectivity index (χ3n) is 6.32. The number of imide groups is 1. The largest absolute Gasteiger partial charge is 0.353 e. The third kappa shape index (κ3) is 3.08. The molecule has 2 fully saturated rings. The Hall–Kier alpha value is -1.69. The van der Waals surface area contributed by atoms with Gasteiger partial charge in [0, 0.05) is 23.5 Å². The van der Waals surface area contributed by atoms with Gasteiger partial charge in [-0.1, -0.05) is 22.4 Å². The summed E-state index contributed by atoms with van der Waals surface area (Å²) in [6.07, 6.45) is 5.32. The lowest BCUT2D eigenvalue weighted by Gasteiger charge is -2.28. The molecule has 3 aliphatic rings. The first-order valence-electron chi connectivity index (χ1n) is 9.39. The Morgan fingerprint density at radius 3 is 2.69 bits per heavy atom. The fourth-order valence-corrected chi connectivity index (χ4v) is 5.38. The maximum absolute atomic E-state index is 12.4. The number of nitrogens with zero attached hydrogens (tertiary/aromatic N) is 1. The Morgan fingerprint density at radius 1 is 1.23 bits per heavy atom. The number of rotatable bonds is 5. The molecule has 4 atom stereocenters. The molecule has 26 heavy (non-hydrogen) atoms. The van der Waals surface area contributed by atoms with Crippen molar-refractivity contribution in [2.45, 2.75) is 45.1 Å². The highest BCUT2D eigenvalue weighted by Gasteiger charge is 2.42. The van der Waals surface area contributed by atoms with E-state index in [1.807, 2.05) is 0 Å². The van der Waals surface area contributed by atoms with Crippen LogP contribution >= 0.6 is 15.9 Å². The van der Waals surface area contributed by atoms with Crippen molar-refractivity contribution in [3.63, 3.8) is 0 Å². The van der Waals surface area contributed by atoms with E-state index in [1.54, 1.807) is 18.2 Å². The van der Waals surface area contributed by atoms with Crippen molar-refractivity contribution in [2.24, 2.45) is 17.8 Å². The Morgan fingerprint density at radius 2 is 2.00 bits per heavy atom. The van der Waals surface area contributed by atoms with Gasteiger partial charge in [0.15, 0.2) is 0 Å². The Balaban J connectivity index is 1.32. The number of halogens is 1. The topological polar surface area (TPSA) is 66.5 Å². The molecule has 1 aromatic rings. The molecule has 6 heteroatoms. The van der Waals surface area contributed by atoms with Crippen LogP contribution < -0.4 is 5.32 Å². The number of hydrogen-bond donors (Lipinski definition) is 1. The third-order valence-corrected chi connectivity index (χ3v) is 6.81. The molecule has 4 unspecified atom stereocenters. The second-order valence-electron chi connectivity index (χ2n) is 7.90. The number of carbonyl (C=O) groups excluding carboxylic acids is 3. The molecule has 0 radical (unpaired) electrons. The first kappa shape index (κ1) is 17.7. The van der Waals surface area contributed by atoms with E-state index in [0.29, 0.717) is 17.0 Å². The van der Waals surface area contributed by atoms with Crippen LogP contribution in [0.5, 0.6) is 0 Å². The van der Waals surface area contributed by atoms with Crippen LogP contribution in [0.2, 0.25) is 0 Å². The highest BCUT2D eigenvalue weighted by atomic mass is 79.9. The molecule has 2 saturated carbocycles. The van der Waals surface area contributed by atoms with Gasteiger partial charge in [-0.15, -0.1) is 0 Å². The number of hydrogen-bond acceptors (Lipinski definition) is 3. The monoisotopic (exact) mass is 418 g/mol.